The molecule has 1 aliphatic carbocycles. The maximum absolute atomic E-state index is 12.3. The molecule has 1 aliphatic heterocycles. The van der Waals surface area contributed by atoms with Gasteiger partial charge in [0.25, 0.3) is 0 Å². The molecule has 0 radical (unpaired) electrons. The number of carbonyl (C=O) groups excluding carboxylic acids is 1. The monoisotopic (exact) mass is 540 g/mol. The molecule has 1 saturated carbocycles. The van der Waals surface area contributed by atoms with Crippen LogP contribution in [0.25, 0.3) is 10.8 Å². The van der Waals surface area contributed by atoms with Crippen molar-refractivity contribution in [1.29, 1.82) is 0 Å². The van der Waals surface area contributed by atoms with E-state index in [-0.39, 0.29) is 24.1 Å². The van der Waals surface area contributed by atoms with Crippen LogP contribution in [0.1, 0.15) is 74.5 Å². The fourth-order valence-electron chi connectivity index (χ4n) is 4.77. The lowest BCUT2D eigenvalue weighted by molar-refractivity contribution is 0.0235. The molecule has 0 saturated heterocycles. The molecule has 38 heavy (non-hydrogen) atoms. The lowest BCUT2D eigenvalue weighted by Crippen LogP contribution is -2.42. The molecular formula is C27H32N4O6S. The summed E-state index contributed by atoms with van der Waals surface area (Å²) in [6.45, 7) is 7.43. The van der Waals surface area contributed by atoms with Gasteiger partial charge in [-0.2, -0.15) is 0 Å². The molecule has 3 aromatic rings. The van der Waals surface area contributed by atoms with Crippen LogP contribution in [0.4, 0.5) is 11.6 Å². The first-order valence-corrected chi connectivity index (χ1v) is 14.7. The van der Waals surface area contributed by atoms with E-state index < -0.39 is 20.7 Å². The van der Waals surface area contributed by atoms with E-state index in [9.17, 15) is 18.3 Å². The molecule has 3 atom stereocenters. The van der Waals surface area contributed by atoms with E-state index in [4.69, 9.17) is 9.47 Å². The Labute approximate surface area is 221 Å². The number of nitrogens with zero attached hydrogens (tertiary/aromatic N) is 3. The maximum atomic E-state index is 12.3. The van der Waals surface area contributed by atoms with Crippen molar-refractivity contribution in [3.63, 3.8) is 0 Å². The summed E-state index contributed by atoms with van der Waals surface area (Å²) in [6, 6.07) is 5.21. The summed E-state index contributed by atoms with van der Waals surface area (Å²) in [6.07, 6.45) is 5.24. The Morgan fingerprint density at radius 2 is 1.89 bits per heavy atom. The van der Waals surface area contributed by atoms with Gasteiger partial charge < -0.3 is 19.9 Å². The third-order valence-corrected chi connectivity index (χ3v) is 9.36. The van der Waals surface area contributed by atoms with Gasteiger partial charge in [-0.1, -0.05) is 13.8 Å². The summed E-state index contributed by atoms with van der Waals surface area (Å²) in [5.74, 6) is 0.934. The fourth-order valence-corrected chi connectivity index (χ4v) is 5.89. The molecule has 0 spiro atoms. The molecule has 3 aromatic heterocycles. The first kappa shape index (κ1) is 26.3. The van der Waals surface area contributed by atoms with Gasteiger partial charge in [0.15, 0.2) is 9.84 Å². The molecule has 1 fully saturated rings. The summed E-state index contributed by atoms with van der Waals surface area (Å²) in [5, 5.41) is 15.2. The van der Waals surface area contributed by atoms with Crippen LogP contribution in [-0.4, -0.2) is 58.2 Å². The lowest BCUT2D eigenvalue weighted by Gasteiger charge is -2.34. The number of aliphatic hydroxyl groups is 1. The number of sulfone groups is 1. The van der Waals surface area contributed by atoms with E-state index in [2.05, 4.69) is 20.3 Å². The van der Waals surface area contributed by atoms with Crippen molar-refractivity contribution in [2.24, 2.45) is 0 Å². The molecule has 0 bridgehead atoms. The zero-order chi connectivity index (χ0) is 27.4. The number of ether oxygens (including phenoxy) is 2. The van der Waals surface area contributed by atoms with E-state index in [1.165, 1.54) is 6.26 Å². The van der Waals surface area contributed by atoms with Crippen LogP contribution in [0.2, 0.25) is 0 Å². The molecule has 0 aromatic carbocycles. The molecule has 5 rings (SSSR count). The van der Waals surface area contributed by atoms with Crippen LogP contribution in [0.3, 0.4) is 0 Å². The van der Waals surface area contributed by atoms with Gasteiger partial charge in [0, 0.05) is 43.0 Å². The molecule has 1 unspecified atom stereocenters. The second kappa shape index (κ2) is 9.46. The van der Waals surface area contributed by atoms with E-state index >= 15 is 0 Å². The van der Waals surface area contributed by atoms with E-state index in [0.29, 0.717) is 64.4 Å². The average Bonchev–Trinajstić information content (AvgIpc) is 2.83. The first-order valence-electron chi connectivity index (χ1n) is 12.7. The molecule has 11 heteroatoms. The zero-order valence-corrected chi connectivity index (χ0v) is 22.9. The Morgan fingerprint density at radius 3 is 2.58 bits per heavy atom. The fraction of sp³-hybridized carbons (Fsp3) is 0.481. The summed E-state index contributed by atoms with van der Waals surface area (Å²) in [4.78, 5) is 25.9. The zero-order valence-electron chi connectivity index (χ0n) is 22.1. The number of esters is 1. The summed E-state index contributed by atoms with van der Waals surface area (Å²) in [5.41, 5.74) is 0.604. The van der Waals surface area contributed by atoms with E-state index in [0.717, 1.165) is 0 Å². The highest BCUT2D eigenvalue weighted by molar-refractivity contribution is 7.91. The summed E-state index contributed by atoms with van der Waals surface area (Å²) in [7, 11) is -3.10. The number of hydrogen-bond acceptors (Lipinski definition) is 10. The largest absolute Gasteiger partial charge is 0.474 e. The van der Waals surface area contributed by atoms with Gasteiger partial charge in [0.1, 0.15) is 23.8 Å². The molecule has 2 N–H and O–H groups in total. The molecular weight excluding hydrogens is 508 g/mol. The van der Waals surface area contributed by atoms with Gasteiger partial charge in [-0.25, -0.2) is 28.2 Å². The van der Waals surface area contributed by atoms with Crippen LogP contribution in [0.15, 0.2) is 30.6 Å². The van der Waals surface area contributed by atoms with Gasteiger partial charge in [0.2, 0.25) is 5.88 Å². The van der Waals surface area contributed by atoms with E-state index in [1.54, 1.807) is 31.5 Å². The van der Waals surface area contributed by atoms with Gasteiger partial charge in [0.05, 0.1) is 27.5 Å². The Bertz CT molecular complexity index is 1520. The van der Waals surface area contributed by atoms with Gasteiger partial charge in [-0.3, -0.25) is 0 Å². The Hall–Kier alpha value is -3.31. The second-order valence-electron chi connectivity index (χ2n) is 10.5. The average molecular weight is 541 g/mol. The number of cyclic esters (lactones) is 1. The van der Waals surface area contributed by atoms with E-state index in [1.807, 2.05) is 26.8 Å². The van der Waals surface area contributed by atoms with Gasteiger partial charge in [-0.15, -0.1) is 0 Å². The van der Waals surface area contributed by atoms with Crippen molar-refractivity contribution in [2.45, 2.75) is 75.9 Å². The highest BCUT2D eigenvalue weighted by atomic mass is 32.2. The van der Waals surface area contributed by atoms with Crippen LogP contribution in [-0.2, 0) is 20.2 Å². The number of fused-ring (bicyclic) bond motifs is 2. The lowest BCUT2D eigenvalue weighted by atomic mass is 9.91. The number of rotatable bonds is 7. The Morgan fingerprint density at radius 1 is 1.16 bits per heavy atom. The predicted molar refractivity (Wildman–Crippen MR) is 142 cm³/mol. The molecule has 202 valence electrons. The summed E-state index contributed by atoms with van der Waals surface area (Å²) < 4.78 is 35.0. The number of aromatic nitrogens is 3. The van der Waals surface area contributed by atoms with Crippen molar-refractivity contribution in [2.75, 3.05) is 11.6 Å². The normalized spacial score (nSPS) is 24.6. The minimum atomic E-state index is -3.10. The SMILES string of the molecule is CCC(C)(O)c1cnc(O[C@H]2C[C@@H](S(C)(=O)=O)C2)c2cnc(Nc3ccc4c(n3)[C@@H](C)[C@H](C)OC4=O)cc12. The Kier molecular flexibility index (Phi) is 6.55. The minimum absolute atomic E-state index is 0.0557. The molecule has 0 amide bonds. The van der Waals surface area contributed by atoms with Crippen molar-refractivity contribution < 1.29 is 27.8 Å². The molecule has 10 nitrogen and oxygen atoms in total. The van der Waals surface area contributed by atoms with Crippen molar-refractivity contribution >= 4 is 38.2 Å². The van der Waals surface area contributed by atoms with Crippen LogP contribution < -0.4 is 10.1 Å². The smallest absolute Gasteiger partial charge is 0.340 e. The molecule has 2 aliphatic rings. The highest BCUT2D eigenvalue weighted by Crippen LogP contribution is 2.38. The number of nitrogens with one attached hydrogen (secondary N) is 1. The van der Waals surface area contributed by atoms with Gasteiger partial charge >= 0.3 is 5.97 Å². The predicted octanol–water partition coefficient (Wildman–Crippen LogP) is 4.00. The van der Waals surface area contributed by atoms with Crippen LogP contribution in [0, 0.1) is 0 Å². The highest BCUT2D eigenvalue weighted by Gasteiger charge is 2.38. The topological polar surface area (TPSA) is 141 Å². The number of hydrogen-bond donors (Lipinski definition) is 2. The standard InChI is InChI=1S/C27H32N4O6S/c1-6-27(4,33)21-13-29-25(37-16-9-17(10-16)38(5,34)35)20-12-28-23(11-19(20)21)30-22-8-7-18-24(31-22)14(2)15(3)36-26(18)32/h7-8,11-17,33H,6,9-10H2,1-5H3,(H,28,30,31)/t14-,15-,16-,17+,27?/m0/s1. The number of anilines is 2. The third-order valence-electron chi connectivity index (χ3n) is 7.77. The third kappa shape index (κ3) is 4.80. The van der Waals surface area contributed by atoms with Gasteiger partial charge in [-0.05, 0) is 43.9 Å². The first-order chi connectivity index (χ1) is 17.9. The van der Waals surface area contributed by atoms with Crippen LogP contribution in [0.5, 0.6) is 5.88 Å². The number of carbonyl (C=O) groups is 1. The van der Waals surface area contributed by atoms with Crippen molar-refractivity contribution in [3.05, 3.63) is 47.4 Å². The van der Waals surface area contributed by atoms with Crippen LogP contribution >= 0.6 is 0 Å². The molecule has 4 heterocycles. The second-order valence-corrected chi connectivity index (χ2v) is 12.9. The van der Waals surface area contributed by atoms with Crippen molar-refractivity contribution in [3.8, 4) is 5.88 Å². The van der Waals surface area contributed by atoms with Crippen molar-refractivity contribution in [1.82, 2.24) is 15.0 Å². The Balaban J connectivity index is 1.48. The maximum Gasteiger partial charge on any atom is 0.340 e. The quantitative estimate of drug-likeness (QED) is 0.422. The number of pyridine rings is 3. The minimum Gasteiger partial charge on any atom is -0.474 e. The summed E-state index contributed by atoms with van der Waals surface area (Å²) >= 11 is 0.